The molecule has 24 heavy (non-hydrogen) atoms. The normalized spacial score (nSPS) is 12.4. The number of fused-ring (bicyclic) bond motifs is 1. The molecule has 3 rings (SSSR count). The number of benzene rings is 1. The summed E-state index contributed by atoms with van der Waals surface area (Å²) in [5, 5.41) is 8.51. The smallest absolute Gasteiger partial charge is 0.225 e. The lowest BCUT2D eigenvalue weighted by Gasteiger charge is -2.14. The molecular formula is C19H24N4O. The van der Waals surface area contributed by atoms with Crippen LogP contribution in [0.3, 0.4) is 0 Å². The molecular weight excluding hydrogens is 300 g/mol. The van der Waals surface area contributed by atoms with Gasteiger partial charge in [-0.25, -0.2) is 4.68 Å². The Kier molecular flexibility index (Phi) is 4.99. The maximum Gasteiger partial charge on any atom is 0.225 e. The summed E-state index contributed by atoms with van der Waals surface area (Å²) in [6.07, 6.45) is 6.97. The van der Waals surface area contributed by atoms with Gasteiger partial charge in [0.1, 0.15) is 5.82 Å². The fourth-order valence-corrected chi connectivity index (χ4v) is 2.92. The van der Waals surface area contributed by atoms with Crippen molar-refractivity contribution in [3.05, 3.63) is 48.3 Å². The summed E-state index contributed by atoms with van der Waals surface area (Å²) < 4.78 is 1.87. The molecule has 3 aromatic rings. The summed E-state index contributed by atoms with van der Waals surface area (Å²) in [5.41, 5.74) is 2.41. The van der Waals surface area contributed by atoms with Crippen LogP contribution < -0.4 is 5.32 Å². The Labute approximate surface area is 142 Å². The number of aromatic nitrogens is 3. The molecule has 0 bridgehead atoms. The Bertz CT molecular complexity index is 818. The number of nitrogens with zero attached hydrogens (tertiary/aromatic N) is 2. The molecule has 0 saturated carbocycles. The van der Waals surface area contributed by atoms with E-state index in [9.17, 15) is 4.79 Å². The highest BCUT2D eigenvalue weighted by atomic mass is 16.1. The molecule has 5 heteroatoms. The summed E-state index contributed by atoms with van der Waals surface area (Å²) in [6.45, 7) is 4.21. The minimum Gasteiger partial charge on any atom is -0.361 e. The van der Waals surface area contributed by atoms with Crippen molar-refractivity contribution in [2.75, 3.05) is 5.32 Å². The molecule has 1 aromatic carbocycles. The predicted molar refractivity (Wildman–Crippen MR) is 97.1 cm³/mol. The summed E-state index contributed by atoms with van der Waals surface area (Å²) in [4.78, 5) is 15.5. The molecule has 2 aromatic heterocycles. The molecule has 0 aliphatic carbocycles. The number of hydrogen-bond donors (Lipinski definition) is 2. The summed E-state index contributed by atoms with van der Waals surface area (Å²) >= 11 is 0. The van der Waals surface area contributed by atoms with Crippen LogP contribution in [0.25, 0.3) is 10.9 Å². The van der Waals surface area contributed by atoms with Crippen LogP contribution in [-0.4, -0.2) is 20.7 Å². The van der Waals surface area contributed by atoms with E-state index < -0.39 is 0 Å². The third kappa shape index (κ3) is 3.50. The second-order valence-corrected chi connectivity index (χ2v) is 6.18. The Morgan fingerprint density at radius 2 is 2.17 bits per heavy atom. The van der Waals surface area contributed by atoms with E-state index >= 15 is 0 Å². The SMILES string of the molecule is CC[C@@H](C)n1nccc1NC(=O)CCCc1c[nH]c2ccccc12. The first kappa shape index (κ1) is 16.3. The number of anilines is 1. The molecule has 0 spiro atoms. The van der Waals surface area contributed by atoms with Gasteiger partial charge in [0.15, 0.2) is 0 Å². The van der Waals surface area contributed by atoms with Crippen LogP contribution in [0, 0.1) is 0 Å². The van der Waals surface area contributed by atoms with Crippen molar-refractivity contribution < 1.29 is 4.79 Å². The Morgan fingerprint density at radius 3 is 3.00 bits per heavy atom. The van der Waals surface area contributed by atoms with Crippen LogP contribution in [0.5, 0.6) is 0 Å². The van der Waals surface area contributed by atoms with Gasteiger partial charge in [-0.1, -0.05) is 25.1 Å². The van der Waals surface area contributed by atoms with Gasteiger partial charge in [0.2, 0.25) is 5.91 Å². The van der Waals surface area contributed by atoms with E-state index in [2.05, 4.69) is 41.4 Å². The molecule has 0 unspecified atom stereocenters. The van der Waals surface area contributed by atoms with Crippen molar-refractivity contribution in [2.24, 2.45) is 0 Å². The molecule has 5 nitrogen and oxygen atoms in total. The van der Waals surface area contributed by atoms with Crippen molar-refractivity contribution in [1.82, 2.24) is 14.8 Å². The average Bonchev–Trinajstić information content (AvgIpc) is 3.21. The number of H-pyrrole nitrogens is 1. The highest BCUT2D eigenvalue weighted by molar-refractivity contribution is 5.90. The van der Waals surface area contributed by atoms with Gasteiger partial charge in [0.05, 0.1) is 12.2 Å². The number of aromatic amines is 1. The first-order chi connectivity index (χ1) is 11.7. The van der Waals surface area contributed by atoms with E-state index in [1.165, 1.54) is 10.9 Å². The van der Waals surface area contributed by atoms with E-state index in [-0.39, 0.29) is 11.9 Å². The summed E-state index contributed by atoms with van der Waals surface area (Å²) in [7, 11) is 0. The van der Waals surface area contributed by atoms with Gasteiger partial charge in [-0.2, -0.15) is 5.10 Å². The second-order valence-electron chi connectivity index (χ2n) is 6.18. The van der Waals surface area contributed by atoms with E-state index in [1.807, 2.05) is 29.1 Å². The van der Waals surface area contributed by atoms with Crippen LogP contribution >= 0.6 is 0 Å². The van der Waals surface area contributed by atoms with Gasteiger partial charge < -0.3 is 10.3 Å². The molecule has 0 saturated heterocycles. The molecule has 0 fully saturated rings. The lowest BCUT2D eigenvalue weighted by atomic mass is 10.1. The zero-order chi connectivity index (χ0) is 16.9. The van der Waals surface area contributed by atoms with Gasteiger partial charge in [-0.15, -0.1) is 0 Å². The molecule has 0 aliphatic rings. The first-order valence-electron chi connectivity index (χ1n) is 8.57. The molecule has 126 valence electrons. The standard InChI is InChI=1S/C19H24N4O/c1-3-14(2)23-18(11-12-21-23)22-19(24)10-6-7-15-13-20-17-9-5-4-8-16(15)17/h4-5,8-9,11-14,20H,3,6-7,10H2,1-2H3,(H,22,24)/t14-/m1/s1. The number of nitrogens with one attached hydrogen (secondary N) is 2. The second kappa shape index (κ2) is 7.34. The highest BCUT2D eigenvalue weighted by Crippen LogP contribution is 2.20. The minimum atomic E-state index is 0.0416. The maximum absolute atomic E-state index is 12.2. The molecule has 1 atom stereocenters. The van der Waals surface area contributed by atoms with E-state index in [0.717, 1.165) is 30.6 Å². The fraction of sp³-hybridized carbons (Fsp3) is 0.368. The van der Waals surface area contributed by atoms with Crippen molar-refractivity contribution in [2.45, 2.75) is 45.6 Å². The molecule has 0 aliphatic heterocycles. The minimum absolute atomic E-state index is 0.0416. The number of para-hydroxylation sites is 1. The Balaban J connectivity index is 1.54. The maximum atomic E-state index is 12.2. The summed E-state index contributed by atoms with van der Waals surface area (Å²) in [5.74, 6) is 0.821. The highest BCUT2D eigenvalue weighted by Gasteiger charge is 2.11. The molecule has 2 heterocycles. The van der Waals surface area contributed by atoms with E-state index in [1.54, 1.807) is 6.20 Å². The van der Waals surface area contributed by atoms with Crippen molar-refractivity contribution in [3.8, 4) is 0 Å². The predicted octanol–water partition coefficient (Wildman–Crippen LogP) is 4.30. The van der Waals surface area contributed by atoms with Gasteiger partial charge in [0.25, 0.3) is 0 Å². The van der Waals surface area contributed by atoms with E-state index in [4.69, 9.17) is 0 Å². The summed E-state index contributed by atoms with van der Waals surface area (Å²) in [6, 6.07) is 10.4. The quantitative estimate of drug-likeness (QED) is 0.681. The van der Waals surface area contributed by atoms with Gasteiger partial charge in [-0.3, -0.25) is 4.79 Å². The Hall–Kier alpha value is -2.56. The topological polar surface area (TPSA) is 62.7 Å². The van der Waals surface area contributed by atoms with Crippen molar-refractivity contribution in [3.63, 3.8) is 0 Å². The number of rotatable bonds is 7. The number of hydrogen-bond acceptors (Lipinski definition) is 2. The van der Waals surface area contributed by atoms with Gasteiger partial charge in [-0.05, 0) is 37.8 Å². The largest absolute Gasteiger partial charge is 0.361 e. The van der Waals surface area contributed by atoms with Crippen molar-refractivity contribution >= 4 is 22.6 Å². The zero-order valence-electron chi connectivity index (χ0n) is 14.2. The first-order valence-corrected chi connectivity index (χ1v) is 8.57. The third-order valence-corrected chi connectivity index (χ3v) is 4.47. The van der Waals surface area contributed by atoms with Gasteiger partial charge >= 0.3 is 0 Å². The number of carbonyl (C=O) groups excluding carboxylic acids is 1. The fourth-order valence-electron chi connectivity index (χ4n) is 2.92. The monoisotopic (exact) mass is 324 g/mol. The van der Waals surface area contributed by atoms with Crippen LogP contribution in [0.4, 0.5) is 5.82 Å². The van der Waals surface area contributed by atoms with Crippen LogP contribution in [-0.2, 0) is 11.2 Å². The van der Waals surface area contributed by atoms with Gasteiger partial charge in [0, 0.05) is 29.6 Å². The lowest BCUT2D eigenvalue weighted by molar-refractivity contribution is -0.116. The van der Waals surface area contributed by atoms with Crippen LogP contribution in [0.15, 0.2) is 42.7 Å². The van der Waals surface area contributed by atoms with Crippen LogP contribution in [0.1, 0.15) is 44.7 Å². The van der Waals surface area contributed by atoms with Crippen LogP contribution in [0.2, 0.25) is 0 Å². The third-order valence-electron chi connectivity index (χ3n) is 4.47. The Morgan fingerprint density at radius 1 is 1.33 bits per heavy atom. The zero-order valence-corrected chi connectivity index (χ0v) is 14.2. The number of amides is 1. The number of aryl methyl sites for hydroxylation is 1. The number of carbonyl (C=O) groups is 1. The lowest BCUT2D eigenvalue weighted by Crippen LogP contribution is -2.17. The molecule has 0 radical (unpaired) electrons. The molecule has 2 N–H and O–H groups in total. The van der Waals surface area contributed by atoms with E-state index in [0.29, 0.717) is 6.42 Å². The average molecular weight is 324 g/mol. The molecule has 1 amide bonds. The van der Waals surface area contributed by atoms with Crippen molar-refractivity contribution in [1.29, 1.82) is 0 Å².